The Balaban J connectivity index is 1.54. The summed E-state index contributed by atoms with van der Waals surface area (Å²) in [6.45, 7) is 5.24. The zero-order chi connectivity index (χ0) is 27.4. The number of carbonyl (C=O) groups excluding carboxylic acids is 2. The molecule has 11 heteroatoms. The number of carbonyl (C=O) groups is 2. The standard InChI is InChI=1S/C27H30F2N4O5/c1-4-5-16-10-27(38-31-16)7-6-15(3)32-13-21(27)33-12-18(23(34)24(35)22(33)26(32)37)25(36)30-11-17-19(28)8-14(2)9-20(17)29/h8-9,12,15,21,35H,4-7,10-11,13H2,1-3H3,(H,30,36)/t15-,21+,27-/m0/s1. The topological polar surface area (TPSA) is 113 Å². The van der Waals surface area contributed by atoms with Crippen LogP contribution in [0.5, 0.6) is 5.75 Å². The predicted molar refractivity (Wildman–Crippen MR) is 134 cm³/mol. The quantitative estimate of drug-likeness (QED) is 0.616. The highest BCUT2D eigenvalue weighted by molar-refractivity contribution is 5.99. The third-order valence-electron chi connectivity index (χ3n) is 7.86. The lowest BCUT2D eigenvalue weighted by Crippen LogP contribution is -2.52. The van der Waals surface area contributed by atoms with Gasteiger partial charge in [0.15, 0.2) is 17.0 Å². The van der Waals surface area contributed by atoms with Crippen LogP contribution in [0.2, 0.25) is 0 Å². The van der Waals surface area contributed by atoms with E-state index in [4.69, 9.17) is 4.84 Å². The number of pyridine rings is 1. The molecule has 0 unspecified atom stereocenters. The van der Waals surface area contributed by atoms with Gasteiger partial charge >= 0.3 is 0 Å². The molecule has 0 saturated carbocycles. The lowest BCUT2D eigenvalue weighted by Gasteiger charge is -2.41. The first-order chi connectivity index (χ1) is 18.1. The number of halogens is 2. The van der Waals surface area contributed by atoms with Crippen LogP contribution in [-0.2, 0) is 11.4 Å². The molecule has 1 spiro atoms. The summed E-state index contributed by atoms with van der Waals surface area (Å²) in [5, 5.41) is 17.6. The van der Waals surface area contributed by atoms with Crippen LogP contribution < -0.4 is 10.7 Å². The van der Waals surface area contributed by atoms with E-state index in [1.54, 1.807) is 11.8 Å². The Labute approximate surface area is 218 Å². The lowest BCUT2D eigenvalue weighted by molar-refractivity contribution is -0.0655. The van der Waals surface area contributed by atoms with E-state index in [0.717, 1.165) is 30.7 Å². The average Bonchev–Trinajstić information content (AvgIpc) is 3.22. The van der Waals surface area contributed by atoms with Crippen LogP contribution in [0.4, 0.5) is 8.78 Å². The van der Waals surface area contributed by atoms with Gasteiger partial charge in [-0.25, -0.2) is 8.78 Å². The van der Waals surface area contributed by atoms with E-state index in [2.05, 4.69) is 10.5 Å². The predicted octanol–water partition coefficient (Wildman–Crippen LogP) is 3.56. The van der Waals surface area contributed by atoms with E-state index >= 15 is 0 Å². The van der Waals surface area contributed by atoms with Gasteiger partial charge in [0.2, 0.25) is 5.43 Å². The Morgan fingerprint density at radius 1 is 1.29 bits per heavy atom. The van der Waals surface area contributed by atoms with Crippen LogP contribution in [0.3, 0.4) is 0 Å². The highest BCUT2D eigenvalue weighted by Crippen LogP contribution is 2.46. The van der Waals surface area contributed by atoms with Gasteiger partial charge in [0, 0.05) is 37.3 Å². The van der Waals surface area contributed by atoms with Crippen molar-refractivity contribution in [1.29, 1.82) is 0 Å². The van der Waals surface area contributed by atoms with E-state index in [1.807, 2.05) is 13.8 Å². The van der Waals surface area contributed by atoms with Crippen LogP contribution in [0, 0.1) is 18.6 Å². The number of amides is 2. The van der Waals surface area contributed by atoms with E-state index in [1.165, 1.54) is 10.8 Å². The summed E-state index contributed by atoms with van der Waals surface area (Å²) in [6, 6.07) is 1.60. The summed E-state index contributed by atoms with van der Waals surface area (Å²) in [7, 11) is 0. The highest BCUT2D eigenvalue weighted by Gasteiger charge is 2.54. The fraction of sp³-hybridized carbons (Fsp3) is 0.481. The highest BCUT2D eigenvalue weighted by atomic mass is 19.1. The van der Waals surface area contributed by atoms with Crippen LogP contribution in [0.15, 0.2) is 28.3 Å². The number of aromatic hydroxyl groups is 1. The Hall–Kier alpha value is -3.76. The number of hydrogen-bond acceptors (Lipinski definition) is 6. The molecule has 1 aromatic heterocycles. The molecule has 9 nitrogen and oxygen atoms in total. The Morgan fingerprint density at radius 2 is 2.00 bits per heavy atom. The molecule has 5 rings (SSSR count). The zero-order valence-corrected chi connectivity index (χ0v) is 21.5. The Morgan fingerprint density at radius 3 is 2.68 bits per heavy atom. The molecular weight excluding hydrogens is 498 g/mol. The number of aromatic nitrogens is 1. The second kappa shape index (κ2) is 9.52. The van der Waals surface area contributed by atoms with Gasteiger partial charge in [0.25, 0.3) is 11.8 Å². The average molecular weight is 529 g/mol. The van der Waals surface area contributed by atoms with Gasteiger partial charge in [0.1, 0.15) is 17.2 Å². The van der Waals surface area contributed by atoms with Crippen molar-refractivity contribution in [3.05, 3.63) is 62.6 Å². The first-order valence-electron chi connectivity index (χ1n) is 12.8. The fourth-order valence-corrected chi connectivity index (χ4v) is 5.77. The molecule has 4 heterocycles. The maximum absolute atomic E-state index is 14.3. The second-order valence-corrected chi connectivity index (χ2v) is 10.5. The molecule has 2 aromatic rings. The fourth-order valence-electron chi connectivity index (χ4n) is 5.77. The van der Waals surface area contributed by atoms with E-state index < -0.39 is 58.4 Å². The summed E-state index contributed by atoms with van der Waals surface area (Å²) < 4.78 is 30.0. The summed E-state index contributed by atoms with van der Waals surface area (Å²) in [5.74, 6) is -3.93. The van der Waals surface area contributed by atoms with Gasteiger partial charge in [-0.1, -0.05) is 18.5 Å². The normalized spacial score (nSPS) is 24.1. The SMILES string of the molecule is CCCC1=NO[C@@]2(CC[C@H](C)N3C[C@H]2n2cc(C(=O)NCc4c(F)cc(C)cc4F)c(=O)c(O)c2C3=O)C1. The van der Waals surface area contributed by atoms with Gasteiger partial charge < -0.3 is 24.7 Å². The monoisotopic (exact) mass is 528 g/mol. The largest absolute Gasteiger partial charge is 0.503 e. The maximum atomic E-state index is 14.3. The molecule has 3 aliphatic rings. The van der Waals surface area contributed by atoms with Gasteiger partial charge in [-0.15, -0.1) is 0 Å². The number of oxime groups is 1. The molecule has 1 aromatic carbocycles. The van der Waals surface area contributed by atoms with Gasteiger partial charge in [-0.2, -0.15) is 0 Å². The number of hydrogen-bond donors (Lipinski definition) is 2. The summed E-state index contributed by atoms with van der Waals surface area (Å²) in [6.07, 6.45) is 4.64. The van der Waals surface area contributed by atoms with Crippen molar-refractivity contribution in [3.63, 3.8) is 0 Å². The van der Waals surface area contributed by atoms with Crippen molar-refractivity contribution in [2.75, 3.05) is 6.54 Å². The lowest BCUT2D eigenvalue weighted by atomic mass is 9.83. The number of nitrogens with one attached hydrogen (secondary N) is 1. The van der Waals surface area contributed by atoms with Crippen molar-refractivity contribution < 1.29 is 28.3 Å². The smallest absolute Gasteiger partial charge is 0.274 e. The van der Waals surface area contributed by atoms with E-state index in [-0.39, 0.29) is 23.8 Å². The van der Waals surface area contributed by atoms with Crippen molar-refractivity contribution in [3.8, 4) is 5.75 Å². The zero-order valence-electron chi connectivity index (χ0n) is 21.5. The molecule has 2 amide bonds. The van der Waals surface area contributed by atoms with Gasteiger partial charge in [-0.3, -0.25) is 14.4 Å². The summed E-state index contributed by atoms with van der Waals surface area (Å²) in [4.78, 5) is 47.2. The maximum Gasteiger partial charge on any atom is 0.274 e. The van der Waals surface area contributed by atoms with Crippen LogP contribution in [-0.4, -0.2) is 50.3 Å². The molecule has 38 heavy (non-hydrogen) atoms. The minimum Gasteiger partial charge on any atom is -0.503 e. The first kappa shape index (κ1) is 25.9. The number of rotatable bonds is 5. The molecule has 3 aliphatic heterocycles. The van der Waals surface area contributed by atoms with Crippen LogP contribution in [0.25, 0.3) is 0 Å². The number of benzene rings is 1. The summed E-state index contributed by atoms with van der Waals surface area (Å²) >= 11 is 0. The van der Waals surface area contributed by atoms with Crippen molar-refractivity contribution in [1.82, 2.24) is 14.8 Å². The molecule has 0 radical (unpaired) electrons. The Kier molecular flexibility index (Phi) is 6.48. The van der Waals surface area contributed by atoms with Crippen LogP contribution in [0.1, 0.15) is 84.0 Å². The third-order valence-corrected chi connectivity index (χ3v) is 7.86. The molecule has 202 valence electrons. The van der Waals surface area contributed by atoms with Crippen molar-refractivity contribution >= 4 is 17.5 Å². The third kappa shape index (κ3) is 4.13. The van der Waals surface area contributed by atoms with E-state index in [9.17, 15) is 28.3 Å². The second-order valence-electron chi connectivity index (χ2n) is 10.5. The molecule has 1 fully saturated rings. The van der Waals surface area contributed by atoms with Gasteiger partial charge in [-0.05, 0) is 50.8 Å². The molecule has 1 saturated heterocycles. The van der Waals surface area contributed by atoms with Gasteiger partial charge in [0.05, 0.1) is 11.8 Å². The number of nitrogens with zero attached hydrogens (tertiary/aromatic N) is 3. The minimum atomic E-state index is -1.04. The van der Waals surface area contributed by atoms with E-state index in [0.29, 0.717) is 24.8 Å². The molecular formula is C27H30F2N4O5. The minimum absolute atomic E-state index is 0.159. The number of fused-ring (bicyclic) bond motifs is 5. The molecule has 3 atom stereocenters. The summed E-state index contributed by atoms with van der Waals surface area (Å²) in [5.41, 5.74) is -1.57. The Bertz CT molecular complexity index is 1400. The molecule has 0 aliphatic carbocycles. The molecule has 2 bridgehead atoms. The van der Waals surface area contributed by atoms with Crippen molar-refractivity contribution in [2.45, 2.75) is 77.1 Å². The number of aryl methyl sites for hydroxylation is 1. The van der Waals surface area contributed by atoms with Crippen molar-refractivity contribution in [2.24, 2.45) is 5.16 Å². The molecule has 2 N–H and O–H groups in total. The first-order valence-corrected chi connectivity index (χ1v) is 12.8. The van der Waals surface area contributed by atoms with Crippen LogP contribution >= 0.6 is 0 Å².